The molecule has 0 aliphatic heterocycles. The van der Waals surface area contributed by atoms with Crippen LogP contribution < -0.4 is 5.11 Å². The Morgan fingerprint density at radius 3 is 2.72 bits per heavy atom. The molecule has 0 saturated heterocycles. The summed E-state index contributed by atoms with van der Waals surface area (Å²) in [7, 11) is 0. The van der Waals surface area contributed by atoms with Crippen molar-refractivity contribution in [1.29, 1.82) is 0 Å². The fourth-order valence-corrected chi connectivity index (χ4v) is 2.14. The van der Waals surface area contributed by atoms with Gasteiger partial charge in [-0.2, -0.15) is 0 Å². The van der Waals surface area contributed by atoms with Gasteiger partial charge in [-0.25, -0.2) is 0 Å². The summed E-state index contributed by atoms with van der Waals surface area (Å²) < 4.78 is 6.37. The SMILES string of the molecule is O=C([O-])CCSc1nnc(-c2ccc(Br)cc2)o1. The maximum Gasteiger partial charge on any atom is 0.276 e. The second kappa shape index (κ2) is 6.01. The monoisotopic (exact) mass is 327 g/mol. The van der Waals surface area contributed by atoms with E-state index in [2.05, 4.69) is 26.1 Å². The van der Waals surface area contributed by atoms with Crippen molar-refractivity contribution >= 4 is 33.7 Å². The largest absolute Gasteiger partial charge is 0.550 e. The predicted molar refractivity (Wildman–Crippen MR) is 67.8 cm³/mol. The van der Waals surface area contributed by atoms with E-state index in [-0.39, 0.29) is 6.42 Å². The van der Waals surface area contributed by atoms with Gasteiger partial charge in [-0.1, -0.05) is 27.7 Å². The van der Waals surface area contributed by atoms with Crippen LogP contribution in [-0.4, -0.2) is 21.9 Å². The second-order valence-corrected chi connectivity index (χ2v) is 5.31. The van der Waals surface area contributed by atoms with Crippen molar-refractivity contribution in [2.75, 3.05) is 5.75 Å². The number of aliphatic carboxylic acids is 1. The van der Waals surface area contributed by atoms with Crippen LogP contribution in [0.5, 0.6) is 0 Å². The fourth-order valence-electron chi connectivity index (χ4n) is 1.20. The number of carboxylic acids is 1. The number of benzene rings is 1. The molecule has 0 radical (unpaired) electrons. The van der Waals surface area contributed by atoms with Crippen LogP contribution in [0.2, 0.25) is 0 Å². The Hall–Kier alpha value is -1.34. The second-order valence-electron chi connectivity index (χ2n) is 3.35. The number of carboxylic acid groups (broad SMARTS) is 1. The number of carbonyl (C=O) groups is 1. The van der Waals surface area contributed by atoms with Gasteiger partial charge in [0.2, 0.25) is 5.89 Å². The van der Waals surface area contributed by atoms with Crippen molar-refractivity contribution in [3.8, 4) is 11.5 Å². The highest BCUT2D eigenvalue weighted by Crippen LogP contribution is 2.24. The number of thioether (sulfide) groups is 1. The van der Waals surface area contributed by atoms with E-state index >= 15 is 0 Å². The fraction of sp³-hybridized carbons (Fsp3) is 0.182. The highest BCUT2D eigenvalue weighted by Gasteiger charge is 2.08. The predicted octanol–water partition coefficient (Wildman–Crippen LogP) is 1.73. The van der Waals surface area contributed by atoms with Crippen molar-refractivity contribution in [2.24, 2.45) is 0 Å². The summed E-state index contributed by atoms with van der Waals surface area (Å²) in [5.41, 5.74) is 0.817. The molecule has 1 aromatic carbocycles. The molecule has 1 heterocycles. The molecule has 7 heteroatoms. The maximum atomic E-state index is 10.3. The Balaban J connectivity index is 2.01. The highest BCUT2D eigenvalue weighted by atomic mass is 79.9. The lowest BCUT2D eigenvalue weighted by atomic mass is 10.2. The number of carbonyl (C=O) groups excluding carboxylic acids is 1. The minimum atomic E-state index is -1.09. The van der Waals surface area contributed by atoms with E-state index in [0.29, 0.717) is 16.9 Å². The number of hydrogen-bond donors (Lipinski definition) is 0. The van der Waals surface area contributed by atoms with Crippen LogP contribution in [-0.2, 0) is 4.79 Å². The normalized spacial score (nSPS) is 10.5. The van der Waals surface area contributed by atoms with Crippen LogP contribution >= 0.6 is 27.7 Å². The highest BCUT2D eigenvalue weighted by molar-refractivity contribution is 9.10. The van der Waals surface area contributed by atoms with E-state index in [1.807, 2.05) is 24.3 Å². The topological polar surface area (TPSA) is 79.0 Å². The molecule has 2 rings (SSSR count). The number of rotatable bonds is 5. The molecule has 18 heavy (non-hydrogen) atoms. The van der Waals surface area contributed by atoms with Gasteiger partial charge >= 0.3 is 0 Å². The molecule has 0 N–H and O–H groups in total. The first-order valence-electron chi connectivity index (χ1n) is 5.07. The van der Waals surface area contributed by atoms with Crippen LogP contribution in [0.3, 0.4) is 0 Å². The summed E-state index contributed by atoms with van der Waals surface area (Å²) in [5, 5.41) is 18.3. The number of halogens is 1. The Morgan fingerprint density at radius 1 is 1.33 bits per heavy atom. The molecule has 0 unspecified atom stereocenters. The molecular weight excluding hydrogens is 320 g/mol. The van der Waals surface area contributed by atoms with Gasteiger partial charge in [-0.05, 0) is 30.7 Å². The van der Waals surface area contributed by atoms with Crippen molar-refractivity contribution in [1.82, 2.24) is 10.2 Å². The average molecular weight is 328 g/mol. The molecule has 0 atom stereocenters. The first kappa shape index (κ1) is 13.1. The molecule has 2 aromatic rings. The van der Waals surface area contributed by atoms with Gasteiger partial charge in [0.15, 0.2) is 0 Å². The van der Waals surface area contributed by atoms with Crippen LogP contribution in [0, 0.1) is 0 Å². The number of aromatic nitrogens is 2. The molecule has 1 aromatic heterocycles. The molecule has 94 valence electrons. The molecule has 0 aliphatic carbocycles. The van der Waals surface area contributed by atoms with Crippen LogP contribution in [0.25, 0.3) is 11.5 Å². The summed E-state index contributed by atoms with van der Waals surface area (Å²) in [6, 6.07) is 7.46. The van der Waals surface area contributed by atoms with Crippen LogP contribution in [0.15, 0.2) is 38.4 Å². The quantitative estimate of drug-likeness (QED) is 0.778. The molecule has 5 nitrogen and oxygen atoms in total. The lowest BCUT2D eigenvalue weighted by molar-refractivity contribution is -0.305. The van der Waals surface area contributed by atoms with E-state index in [1.165, 1.54) is 11.8 Å². The van der Waals surface area contributed by atoms with Gasteiger partial charge in [-0.15, -0.1) is 10.2 Å². The van der Waals surface area contributed by atoms with Gasteiger partial charge in [-0.3, -0.25) is 0 Å². The van der Waals surface area contributed by atoms with Crippen LogP contribution in [0.4, 0.5) is 0 Å². The zero-order chi connectivity index (χ0) is 13.0. The van der Waals surface area contributed by atoms with E-state index < -0.39 is 5.97 Å². The molecule has 0 aliphatic rings. The lowest BCUT2D eigenvalue weighted by Crippen LogP contribution is -2.22. The molecule has 0 spiro atoms. The Kier molecular flexibility index (Phi) is 4.38. The minimum absolute atomic E-state index is 0.0410. The van der Waals surface area contributed by atoms with E-state index in [1.54, 1.807) is 0 Å². The zero-order valence-corrected chi connectivity index (χ0v) is 11.5. The maximum absolute atomic E-state index is 10.3. The third-order valence-corrected chi connectivity index (χ3v) is 3.38. The van der Waals surface area contributed by atoms with Crippen molar-refractivity contribution in [3.05, 3.63) is 28.7 Å². The van der Waals surface area contributed by atoms with Gasteiger partial charge in [0, 0.05) is 21.8 Å². The summed E-state index contributed by atoms with van der Waals surface area (Å²) in [6.07, 6.45) is -0.0410. The summed E-state index contributed by atoms with van der Waals surface area (Å²) >= 11 is 4.54. The standard InChI is InChI=1S/C11H9BrN2O3S/c12-8-3-1-7(2-4-8)10-13-14-11(17-10)18-6-5-9(15)16/h1-4H,5-6H2,(H,15,16)/p-1. The summed E-state index contributed by atoms with van der Waals surface area (Å²) in [4.78, 5) is 10.3. The molecule has 0 amide bonds. The van der Waals surface area contributed by atoms with Crippen LogP contribution in [0.1, 0.15) is 6.42 Å². The Morgan fingerprint density at radius 2 is 2.06 bits per heavy atom. The van der Waals surface area contributed by atoms with Gasteiger partial charge in [0.25, 0.3) is 5.22 Å². The number of hydrogen-bond acceptors (Lipinski definition) is 6. The Bertz CT molecular complexity index is 541. The van der Waals surface area contributed by atoms with Gasteiger partial charge in [0.05, 0.1) is 0 Å². The first-order valence-corrected chi connectivity index (χ1v) is 6.85. The molecule has 0 bridgehead atoms. The van der Waals surface area contributed by atoms with Crippen molar-refractivity contribution in [3.63, 3.8) is 0 Å². The first-order chi connectivity index (χ1) is 8.65. The third kappa shape index (κ3) is 3.58. The van der Waals surface area contributed by atoms with Crippen molar-refractivity contribution in [2.45, 2.75) is 11.6 Å². The molecule has 0 saturated carbocycles. The van der Waals surface area contributed by atoms with E-state index in [0.717, 1.165) is 10.0 Å². The number of nitrogens with zero attached hydrogens (tertiary/aromatic N) is 2. The van der Waals surface area contributed by atoms with Gasteiger partial charge < -0.3 is 14.3 Å². The lowest BCUT2D eigenvalue weighted by Gasteiger charge is -1.97. The molecular formula is C11H8BrN2O3S-. The molecule has 0 fully saturated rings. The minimum Gasteiger partial charge on any atom is -0.550 e. The smallest absolute Gasteiger partial charge is 0.276 e. The van der Waals surface area contributed by atoms with Gasteiger partial charge in [0.1, 0.15) is 0 Å². The van der Waals surface area contributed by atoms with E-state index in [4.69, 9.17) is 4.42 Å². The summed E-state index contributed by atoms with van der Waals surface area (Å²) in [5.74, 6) is -0.321. The zero-order valence-electron chi connectivity index (χ0n) is 9.13. The Labute approximate surface area is 116 Å². The van der Waals surface area contributed by atoms with E-state index in [9.17, 15) is 9.90 Å². The third-order valence-electron chi connectivity index (χ3n) is 2.03. The van der Waals surface area contributed by atoms with Crippen molar-refractivity contribution < 1.29 is 14.3 Å². The average Bonchev–Trinajstić information content (AvgIpc) is 2.78. The summed E-state index contributed by atoms with van der Waals surface area (Å²) in [6.45, 7) is 0.